The topological polar surface area (TPSA) is 24.9 Å². The van der Waals surface area contributed by atoms with Gasteiger partial charge in [-0.05, 0) is 36.2 Å². The number of nitrogens with one attached hydrogen (secondary N) is 1. The number of rotatable bonds is 3. The van der Waals surface area contributed by atoms with Crippen LogP contribution >= 0.6 is 11.6 Å². The summed E-state index contributed by atoms with van der Waals surface area (Å²) in [5.74, 6) is 0. The van der Waals surface area contributed by atoms with Crippen LogP contribution in [0.3, 0.4) is 0 Å². The highest BCUT2D eigenvalue weighted by molar-refractivity contribution is 6.35. The molecule has 0 saturated heterocycles. The average molecular weight is 283 g/mol. The lowest BCUT2D eigenvalue weighted by atomic mass is 10.1. The van der Waals surface area contributed by atoms with Crippen LogP contribution in [-0.4, -0.2) is 4.98 Å². The summed E-state index contributed by atoms with van der Waals surface area (Å²) >= 11 is 6.38. The molecule has 0 unspecified atom stereocenters. The Labute approximate surface area is 123 Å². The van der Waals surface area contributed by atoms with Gasteiger partial charge in [-0.15, -0.1) is 0 Å². The van der Waals surface area contributed by atoms with Crippen LogP contribution in [-0.2, 0) is 6.54 Å². The van der Waals surface area contributed by atoms with E-state index in [1.807, 2.05) is 43.5 Å². The number of hydrogen-bond donors (Lipinski definition) is 1. The molecule has 100 valence electrons. The molecule has 0 fully saturated rings. The quantitative estimate of drug-likeness (QED) is 0.746. The molecule has 3 heteroatoms. The highest BCUT2D eigenvalue weighted by Gasteiger charge is 2.09. The van der Waals surface area contributed by atoms with Gasteiger partial charge in [0.2, 0.25) is 0 Å². The van der Waals surface area contributed by atoms with E-state index in [2.05, 4.69) is 28.5 Å². The van der Waals surface area contributed by atoms with E-state index in [0.717, 1.165) is 33.7 Å². The van der Waals surface area contributed by atoms with Crippen molar-refractivity contribution in [2.45, 2.75) is 13.5 Å². The minimum absolute atomic E-state index is 0.735. The number of fused-ring (bicyclic) bond motifs is 1. The number of nitrogens with zero attached hydrogens (tertiary/aromatic N) is 1. The third-order valence-electron chi connectivity index (χ3n) is 3.34. The van der Waals surface area contributed by atoms with Crippen molar-refractivity contribution in [3.63, 3.8) is 0 Å². The molecule has 1 heterocycles. The van der Waals surface area contributed by atoms with Gasteiger partial charge in [-0.3, -0.25) is 4.98 Å². The fourth-order valence-corrected chi connectivity index (χ4v) is 2.68. The maximum absolute atomic E-state index is 6.38. The predicted molar refractivity (Wildman–Crippen MR) is 85.3 cm³/mol. The van der Waals surface area contributed by atoms with Crippen molar-refractivity contribution in [2.24, 2.45) is 0 Å². The Morgan fingerprint density at radius 3 is 2.70 bits per heavy atom. The van der Waals surface area contributed by atoms with Gasteiger partial charge < -0.3 is 5.32 Å². The van der Waals surface area contributed by atoms with Crippen molar-refractivity contribution in [3.8, 4) is 0 Å². The zero-order chi connectivity index (χ0) is 13.9. The molecule has 0 spiro atoms. The molecule has 0 aliphatic heterocycles. The van der Waals surface area contributed by atoms with Crippen LogP contribution in [0.2, 0.25) is 5.02 Å². The molecule has 3 rings (SSSR count). The highest BCUT2D eigenvalue weighted by Crippen LogP contribution is 2.32. The molecular weight excluding hydrogens is 268 g/mol. The van der Waals surface area contributed by atoms with Crippen molar-refractivity contribution >= 4 is 28.2 Å². The van der Waals surface area contributed by atoms with Crippen LogP contribution in [0.25, 0.3) is 10.9 Å². The van der Waals surface area contributed by atoms with Crippen LogP contribution < -0.4 is 5.32 Å². The fourth-order valence-electron chi connectivity index (χ4n) is 2.35. The molecule has 1 N–H and O–H groups in total. The first-order chi connectivity index (χ1) is 9.75. The molecule has 3 aromatic rings. The van der Waals surface area contributed by atoms with E-state index >= 15 is 0 Å². The molecule has 1 aromatic heterocycles. The zero-order valence-corrected chi connectivity index (χ0v) is 12.0. The lowest BCUT2D eigenvalue weighted by Gasteiger charge is -2.13. The van der Waals surface area contributed by atoms with Crippen molar-refractivity contribution in [1.29, 1.82) is 0 Å². The molecule has 0 amide bonds. The Kier molecular flexibility index (Phi) is 3.57. The minimum Gasteiger partial charge on any atom is -0.379 e. The van der Waals surface area contributed by atoms with Crippen LogP contribution in [0.5, 0.6) is 0 Å². The van der Waals surface area contributed by atoms with Gasteiger partial charge in [0.1, 0.15) is 0 Å². The molecule has 2 nitrogen and oxygen atoms in total. The van der Waals surface area contributed by atoms with E-state index < -0.39 is 0 Å². The third-order valence-corrected chi connectivity index (χ3v) is 3.64. The monoisotopic (exact) mass is 282 g/mol. The second kappa shape index (κ2) is 5.51. The molecular formula is C17H15ClN2. The fraction of sp³-hybridized carbons (Fsp3) is 0.118. The number of aryl methyl sites for hydroxylation is 1. The lowest BCUT2D eigenvalue weighted by molar-refractivity contribution is 1.15. The van der Waals surface area contributed by atoms with Gasteiger partial charge in [0.15, 0.2) is 0 Å². The Morgan fingerprint density at radius 1 is 1.10 bits per heavy atom. The van der Waals surface area contributed by atoms with Crippen LogP contribution in [0.1, 0.15) is 11.1 Å². The van der Waals surface area contributed by atoms with Crippen molar-refractivity contribution in [3.05, 3.63) is 70.9 Å². The van der Waals surface area contributed by atoms with E-state index in [1.54, 1.807) is 0 Å². The normalized spacial score (nSPS) is 10.7. The van der Waals surface area contributed by atoms with E-state index in [9.17, 15) is 0 Å². The second-order valence-electron chi connectivity index (χ2n) is 4.79. The molecule has 0 atom stereocenters. The molecule has 20 heavy (non-hydrogen) atoms. The first-order valence-electron chi connectivity index (χ1n) is 6.57. The minimum atomic E-state index is 0.735. The Bertz CT molecular complexity index is 739. The lowest BCUT2D eigenvalue weighted by Crippen LogP contribution is -2.01. The Balaban J connectivity index is 1.99. The second-order valence-corrected chi connectivity index (χ2v) is 5.20. The largest absolute Gasteiger partial charge is 0.379 e. The standard InChI is InChI=1S/C17H15ClN2/c1-12-10-15(18)17(14-8-5-9-19-16(12)14)20-11-13-6-3-2-4-7-13/h2-10,20H,11H2,1H3. The smallest absolute Gasteiger partial charge is 0.0752 e. The van der Waals surface area contributed by atoms with Gasteiger partial charge in [-0.25, -0.2) is 0 Å². The summed E-state index contributed by atoms with van der Waals surface area (Å²) < 4.78 is 0. The number of pyridine rings is 1. The SMILES string of the molecule is Cc1cc(Cl)c(NCc2ccccc2)c2cccnc12. The van der Waals surface area contributed by atoms with Crippen LogP contribution in [0, 0.1) is 6.92 Å². The van der Waals surface area contributed by atoms with Crippen LogP contribution in [0.4, 0.5) is 5.69 Å². The summed E-state index contributed by atoms with van der Waals surface area (Å²) in [6.45, 7) is 2.77. The summed E-state index contributed by atoms with van der Waals surface area (Å²) in [5, 5.41) is 5.23. The zero-order valence-electron chi connectivity index (χ0n) is 11.2. The summed E-state index contributed by atoms with van der Waals surface area (Å²) in [6, 6.07) is 16.2. The van der Waals surface area contributed by atoms with Crippen molar-refractivity contribution < 1.29 is 0 Å². The molecule has 0 bridgehead atoms. The number of aromatic nitrogens is 1. The van der Waals surface area contributed by atoms with Crippen LogP contribution in [0.15, 0.2) is 54.7 Å². The number of hydrogen-bond acceptors (Lipinski definition) is 2. The molecule has 0 aliphatic carbocycles. The molecule has 0 saturated carbocycles. The van der Waals surface area contributed by atoms with E-state index in [4.69, 9.17) is 11.6 Å². The van der Waals surface area contributed by atoms with Gasteiger partial charge in [0, 0.05) is 18.1 Å². The average Bonchev–Trinajstić information content (AvgIpc) is 2.48. The first kappa shape index (κ1) is 12.9. The van der Waals surface area contributed by atoms with E-state index in [-0.39, 0.29) is 0 Å². The maximum atomic E-state index is 6.38. The van der Waals surface area contributed by atoms with Gasteiger partial charge in [0.05, 0.1) is 16.2 Å². The summed E-state index contributed by atoms with van der Waals surface area (Å²) in [5.41, 5.74) is 4.26. The number of anilines is 1. The summed E-state index contributed by atoms with van der Waals surface area (Å²) in [7, 11) is 0. The van der Waals surface area contributed by atoms with Crippen molar-refractivity contribution in [2.75, 3.05) is 5.32 Å². The van der Waals surface area contributed by atoms with Gasteiger partial charge in [-0.1, -0.05) is 41.9 Å². The van der Waals surface area contributed by atoms with Crippen molar-refractivity contribution in [1.82, 2.24) is 4.98 Å². The van der Waals surface area contributed by atoms with Gasteiger partial charge >= 0.3 is 0 Å². The van der Waals surface area contributed by atoms with Gasteiger partial charge in [0.25, 0.3) is 0 Å². The van der Waals surface area contributed by atoms with Gasteiger partial charge in [-0.2, -0.15) is 0 Å². The summed E-state index contributed by atoms with van der Waals surface area (Å²) in [6.07, 6.45) is 1.81. The Hall–Kier alpha value is -2.06. The van der Waals surface area contributed by atoms with E-state index in [1.165, 1.54) is 5.56 Å². The van der Waals surface area contributed by atoms with E-state index in [0.29, 0.717) is 0 Å². The highest BCUT2D eigenvalue weighted by atomic mass is 35.5. The first-order valence-corrected chi connectivity index (χ1v) is 6.95. The molecule has 0 aliphatic rings. The molecule has 2 aromatic carbocycles. The third kappa shape index (κ3) is 2.47. The predicted octanol–water partition coefficient (Wildman–Crippen LogP) is 4.81. The number of halogens is 1. The molecule has 0 radical (unpaired) electrons. The summed E-state index contributed by atoms with van der Waals surface area (Å²) in [4.78, 5) is 4.44. The number of benzene rings is 2. The maximum Gasteiger partial charge on any atom is 0.0752 e. The Morgan fingerprint density at radius 2 is 1.90 bits per heavy atom.